The third-order valence-corrected chi connectivity index (χ3v) is 5.99. The highest BCUT2D eigenvalue weighted by Crippen LogP contribution is 2.41. The van der Waals surface area contributed by atoms with Crippen molar-refractivity contribution < 1.29 is 4.74 Å². The molecule has 2 aromatic rings. The van der Waals surface area contributed by atoms with Crippen LogP contribution in [0.15, 0.2) is 46.9 Å². The molecule has 22 heavy (non-hydrogen) atoms. The molecule has 2 nitrogen and oxygen atoms in total. The Kier molecular flexibility index (Phi) is 3.99. The van der Waals surface area contributed by atoms with E-state index in [1.165, 1.54) is 11.1 Å². The first-order valence-corrected chi connectivity index (χ1v) is 8.74. The Morgan fingerprint density at radius 1 is 1.14 bits per heavy atom. The summed E-state index contributed by atoms with van der Waals surface area (Å²) in [6, 6.07) is 14.9. The highest BCUT2D eigenvalue weighted by atomic mass is 79.9. The second kappa shape index (κ2) is 5.97. The molecule has 0 saturated carbocycles. The lowest BCUT2D eigenvalue weighted by Gasteiger charge is -2.28. The van der Waals surface area contributed by atoms with E-state index < -0.39 is 0 Å². The molecule has 0 radical (unpaired) electrons. The summed E-state index contributed by atoms with van der Waals surface area (Å²) in [5, 5.41) is 0.803. The molecule has 4 heteroatoms. The number of hydrogen-bond donors (Lipinski definition) is 0. The van der Waals surface area contributed by atoms with Gasteiger partial charge in [0.1, 0.15) is 0 Å². The zero-order valence-electron chi connectivity index (χ0n) is 12.1. The van der Waals surface area contributed by atoms with E-state index in [2.05, 4.69) is 63.3 Å². The number of fused-ring (bicyclic) bond motifs is 3. The minimum atomic E-state index is 0.286. The van der Waals surface area contributed by atoms with Crippen LogP contribution in [0.5, 0.6) is 0 Å². The summed E-state index contributed by atoms with van der Waals surface area (Å²) in [6.45, 7) is 3.63. The highest BCUT2D eigenvalue weighted by molar-refractivity contribution is 9.10. The average Bonchev–Trinajstić information content (AvgIpc) is 2.94. The Morgan fingerprint density at radius 3 is 2.77 bits per heavy atom. The third-order valence-electron chi connectivity index (χ3n) is 4.66. The summed E-state index contributed by atoms with van der Waals surface area (Å²) >= 11 is 9.93. The Bertz CT molecular complexity index is 691. The van der Waals surface area contributed by atoms with Gasteiger partial charge in [0.15, 0.2) is 0 Å². The van der Waals surface area contributed by atoms with E-state index >= 15 is 0 Å². The maximum Gasteiger partial charge on any atom is 0.0787 e. The van der Waals surface area contributed by atoms with Crippen molar-refractivity contribution in [1.29, 1.82) is 0 Å². The van der Waals surface area contributed by atoms with Gasteiger partial charge in [-0.05, 0) is 33.1 Å². The third kappa shape index (κ3) is 2.61. The van der Waals surface area contributed by atoms with Crippen LogP contribution in [0, 0.1) is 0 Å². The molecule has 0 spiro atoms. The molecule has 2 aromatic carbocycles. The predicted octanol–water partition coefficient (Wildman–Crippen LogP) is 4.60. The van der Waals surface area contributed by atoms with Crippen molar-refractivity contribution in [2.75, 3.05) is 13.1 Å². The Hall–Kier alpha value is -0.870. The smallest absolute Gasteiger partial charge is 0.0787 e. The first-order chi connectivity index (χ1) is 10.7. The first-order valence-electron chi connectivity index (χ1n) is 7.57. The topological polar surface area (TPSA) is 12.5 Å². The molecule has 4 rings (SSSR count). The van der Waals surface area contributed by atoms with Crippen LogP contribution in [-0.4, -0.2) is 24.1 Å². The minimum absolute atomic E-state index is 0.286. The molecule has 0 amide bonds. The molecule has 2 aliphatic rings. The summed E-state index contributed by atoms with van der Waals surface area (Å²) in [5.74, 6) is 0.429. The molecule has 114 valence electrons. The molecule has 2 atom stereocenters. The van der Waals surface area contributed by atoms with E-state index in [0.29, 0.717) is 12.5 Å². The van der Waals surface area contributed by atoms with Crippen molar-refractivity contribution >= 4 is 27.5 Å². The second-order valence-corrected chi connectivity index (χ2v) is 7.30. The molecule has 2 heterocycles. The van der Waals surface area contributed by atoms with Gasteiger partial charge in [0.25, 0.3) is 0 Å². The van der Waals surface area contributed by atoms with E-state index in [1.807, 2.05) is 0 Å². The number of nitrogens with zero attached hydrogens (tertiary/aromatic N) is 1. The van der Waals surface area contributed by atoms with E-state index in [-0.39, 0.29) is 6.10 Å². The Balaban J connectivity index is 1.57. The maximum absolute atomic E-state index is 6.43. The van der Waals surface area contributed by atoms with E-state index in [1.54, 1.807) is 0 Å². The van der Waals surface area contributed by atoms with Crippen molar-refractivity contribution in [2.24, 2.45) is 0 Å². The number of benzene rings is 2. The maximum atomic E-state index is 6.43. The lowest BCUT2D eigenvalue weighted by molar-refractivity contribution is 0.0249. The van der Waals surface area contributed by atoms with E-state index in [0.717, 1.165) is 34.7 Å². The Morgan fingerprint density at radius 2 is 1.95 bits per heavy atom. The number of likely N-dealkylation sites (tertiary alicyclic amines) is 1. The van der Waals surface area contributed by atoms with Gasteiger partial charge in [-0.2, -0.15) is 0 Å². The molecule has 0 N–H and O–H groups in total. The van der Waals surface area contributed by atoms with Gasteiger partial charge in [0.2, 0.25) is 0 Å². The molecular weight excluding hydrogens is 362 g/mol. The predicted molar refractivity (Wildman–Crippen MR) is 92.2 cm³/mol. The van der Waals surface area contributed by atoms with Crippen LogP contribution in [-0.2, 0) is 17.9 Å². The summed E-state index contributed by atoms with van der Waals surface area (Å²) in [4.78, 5) is 2.48. The van der Waals surface area contributed by atoms with Crippen LogP contribution in [0.2, 0.25) is 5.02 Å². The monoisotopic (exact) mass is 377 g/mol. The lowest BCUT2D eigenvalue weighted by atomic mass is 9.90. The number of rotatable bonds is 2. The largest absolute Gasteiger partial charge is 0.371 e. The van der Waals surface area contributed by atoms with Crippen molar-refractivity contribution in [1.82, 2.24) is 4.90 Å². The van der Waals surface area contributed by atoms with Crippen LogP contribution >= 0.6 is 27.5 Å². The summed E-state index contributed by atoms with van der Waals surface area (Å²) in [7, 11) is 0. The standard InChI is InChI=1S/C18H17BrClNO/c19-16-7-6-13-14-9-21(8-12-4-2-1-3-5-12)10-17(14)22-11-15(13)18(16)20/h1-7,14,17H,8-11H2/t14-,17-/m1/s1. The highest BCUT2D eigenvalue weighted by Gasteiger charge is 2.39. The van der Waals surface area contributed by atoms with Crippen molar-refractivity contribution in [3.8, 4) is 0 Å². The SMILES string of the molecule is Clc1c(Br)ccc2c1CO[C@@H]1CN(Cc3ccccc3)C[C@H]21. The molecule has 0 unspecified atom stereocenters. The van der Waals surface area contributed by atoms with Crippen molar-refractivity contribution in [3.63, 3.8) is 0 Å². The fourth-order valence-electron chi connectivity index (χ4n) is 3.58. The van der Waals surface area contributed by atoms with Gasteiger partial charge in [-0.25, -0.2) is 0 Å². The average molecular weight is 379 g/mol. The second-order valence-electron chi connectivity index (χ2n) is 6.06. The van der Waals surface area contributed by atoms with Crippen LogP contribution < -0.4 is 0 Å². The molecule has 1 saturated heterocycles. The van der Waals surface area contributed by atoms with Gasteiger partial charge in [-0.15, -0.1) is 0 Å². The summed E-state index contributed by atoms with van der Waals surface area (Å²) < 4.78 is 7.04. The minimum Gasteiger partial charge on any atom is -0.371 e. The zero-order chi connectivity index (χ0) is 15.1. The van der Waals surface area contributed by atoms with Gasteiger partial charge < -0.3 is 4.74 Å². The van der Waals surface area contributed by atoms with Gasteiger partial charge >= 0.3 is 0 Å². The molecule has 0 aliphatic carbocycles. The molecule has 2 aliphatic heterocycles. The molecule has 0 bridgehead atoms. The van der Waals surface area contributed by atoms with Gasteiger partial charge in [-0.1, -0.05) is 48.0 Å². The fraction of sp³-hybridized carbons (Fsp3) is 0.333. The molecule has 1 fully saturated rings. The first kappa shape index (κ1) is 14.7. The zero-order valence-corrected chi connectivity index (χ0v) is 14.5. The van der Waals surface area contributed by atoms with Crippen LogP contribution in [0.4, 0.5) is 0 Å². The Labute approximate surface area is 144 Å². The summed E-state index contributed by atoms with van der Waals surface area (Å²) in [6.07, 6.45) is 0.286. The fourth-order valence-corrected chi connectivity index (χ4v) is 4.18. The van der Waals surface area contributed by atoms with Gasteiger partial charge in [0, 0.05) is 35.6 Å². The van der Waals surface area contributed by atoms with Crippen molar-refractivity contribution in [2.45, 2.75) is 25.2 Å². The normalized spacial score (nSPS) is 24.1. The van der Waals surface area contributed by atoms with Crippen LogP contribution in [0.25, 0.3) is 0 Å². The van der Waals surface area contributed by atoms with E-state index in [4.69, 9.17) is 16.3 Å². The van der Waals surface area contributed by atoms with E-state index in [9.17, 15) is 0 Å². The number of halogens is 2. The quantitative estimate of drug-likeness (QED) is 0.757. The number of hydrogen-bond acceptors (Lipinski definition) is 2. The number of ether oxygens (including phenoxy) is 1. The molecule has 0 aromatic heterocycles. The molecular formula is C18H17BrClNO. The van der Waals surface area contributed by atoms with Crippen molar-refractivity contribution in [3.05, 3.63) is 68.7 Å². The van der Waals surface area contributed by atoms with Crippen LogP contribution in [0.1, 0.15) is 22.6 Å². The van der Waals surface area contributed by atoms with Gasteiger partial charge in [-0.3, -0.25) is 4.90 Å². The van der Waals surface area contributed by atoms with Gasteiger partial charge in [0.05, 0.1) is 17.7 Å². The summed E-state index contributed by atoms with van der Waals surface area (Å²) in [5.41, 5.74) is 3.87. The van der Waals surface area contributed by atoms with Crippen LogP contribution in [0.3, 0.4) is 0 Å². The lowest BCUT2D eigenvalue weighted by Crippen LogP contribution is -2.27.